The van der Waals surface area contributed by atoms with Crippen LogP contribution in [0.25, 0.3) is 0 Å². The molecule has 0 atom stereocenters. The summed E-state index contributed by atoms with van der Waals surface area (Å²) in [6.07, 6.45) is 0.271. The van der Waals surface area contributed by atoms with Gasteiger partial charge in [-0.15, -0.1) is 0 Å². The van der Waals surface area contributed by atoms with Gasteiger partial charge in [-0.1, -0.05) is 0 Å². The summed E-state index contributed by atoms with van der Waals surface area (Å²) in [5.41, 5.74) is 0. The largest absolute Gasteiger partial charge is 0.481 e. The summed E-state index contributed by atoms with van der Waals surface area (Å²) in [5, 5.41) is 11.1. The molecule has 2 N–H and O–H groups in total. The van der Waals surface area contributed by atoms with Crippen LogP contribution in [0.5, 0.6) is 0 Å². The molecule has 1 heterocycles. The summed E-state index contributed by atoms with van der Waals surface area (Å²) in [4.78, 5) is 21.7. The molecule has 1 fully saturated rings. The van der Waals surface area contributed by atoms with Gasteiger partial charge in [-0.2, -0.15) is 17.0 Å². The Bertz CT molecular complexity index is 422. The van der Waals surface area contributed by atoms with Crippen LogP contribution in [0.4, 0.5) is 0 Å². The van der Waals surface area contributed by atoms with Crippen LogP contribution in [0.15, 0.2) is 0 Å². The van der Waals surface area contributed by atoms with Crippen molar-refractivity contribution >= 4 is 22.1 Å². The first-order chi connectivity index (χ1) is 8.34. The maximum absolute atomic E-state index is 12.1. The lowest BCUT2D eigenvalue weighted by molar-refractivity contribution is -0.137. The molecule has 1 saturated heterocycles. The Kier molecular flexibility index (Phi) is 5.05. The van der Waals surface area contributed by atoms with E-state index in [0.29, 0.717) is 13.0 Å². The second kappa shape index (κ2) is 6.12. The Morgan fingerprint density at radius 2 is 2.22 bits per heavy atom. The third-order valence-corrected chi connectivity index (χ3v) is 4.52. The molecular formula is C9H17N3O5S. The smallest absolute Gasteiger partial charge is 0.304 e. The van der Waals surface area contributed by atoms with Gasteiger partial charge in [0.25, 0.3) is 10.2 Å². The maximum atomic E-state index is 12.1. The lowest BCUT2D eigenvalue weighted by Crippen LogP contribution is -2.45. The van der Waals surface area contributed by atoms with Crippen molar-refractivity contribution in [2.45, 2.75) is 12.8 Å². The lowest BCUT2D eigenvalue weighted by atomic mass is 10.4. The monoisotopic (exact) mass is 279 g/mol. The zero-order chi connectivity index (χ0) is 13.8. The summed E-state index contributed by atoms with van der Waals surface area (Å²) in [6.45, 7) is 0.359. The van der Waals surface area contributed by atoms with Crippen LogP contribution in [0.3, 0.4) is 0 Å². The molecule has 1 amide bonds. The summed E-state index contributed by atoms with van der Waals surface area (Å²) < 4.78 is 26.2. The molecule has 1 rings (SSSR count). The zero-order valence-electron chi connectivity index (χ0n) is 10.1. The van der Waals surface area contributed by atoms with Crippen LogP contribution < -0.4 is 5.32 Å². The number of aliphatic carboxylic acids is 1. The molecule has 0 aromatic heterocycles. The number of hydrogen-bond donors (Lipinski definition) is 2. The first-order valence-electron chi connectivity index (χ1n) is 5.54. The van der Waals surface area contributed by atoms with E-state index < -0.39 is 16.2 Å². The number of rotatable bonds is 5. The minimum absolute atomic E-state index is 0.115. The van der Waals surface area contributed by atoms with Crippen LogP contribution in [0.2, 0.25) is 0 Å². The molecule has 0 spiro atoms. The van der Waals surface area contributed by atoms with Crippen molar-refractivity contribution in [2.75, 3.05) is 33.2 Å². The number of hydrogen-bond acceptors (Lipinski definition) is 4. The molecule has 9 heteroatoms. The van der Waals surface area contributed by atoms with E-state index in [4.69, 9.17) is 5.11 Å². The van der Waals surface area contributed by atoms with E-state index in [2.05, 4.69) is 5.32 Å². The number of carboxylic acid groups (broad SMARTS) is 1. The maximum Gasteiger partial charge on any atom is 0.304 e. The second-order valence-corrected chi connectivity index (χ2v) is 6.05. The number of carbonyl (C=O) groups excluding carboxylic acids is 1. The molecule has 0 saturated carbocycles. The predicted molar refractivity (Wildman–Crippen MR) is 63.0 cm³/mol. The third kappa shape index (κ3) is 3.93. The van der Waals surface area contributed by atoms with E-state index >= 15 is 0 Å². The van der Waals surface area contributed by atoms with Gasteiger partial charge in [0.2, 0.25) is 5.91 Å². The van der Waals surface area contributed by atoms with Crippen molar-refractivity contribution in [2.24, 2.45) is 0 Å². The molecule has 18 heavy (non-hydrogen) atoms. The predicted octanol–water partition coefficient (Wildman–Crippen LogP) is -1.54. The van der Waals surface area contributed by atoms with Gasteiger partial charge in [0, 0.05) is 26.7 Å². The zero-order valence-corrected chi connectivity index (χ0v) is 10.9. The van der Waals surface area contributed by atoms with Crippen molar-refractivity contribution in [3.8, 4) is 0 Å². The Labute approximate surface area is 106 Å². The number of carbonyl (C=O) groups is 2. The highest BCUT2D eigenvalue weighted by Crippen LogP contribution is 2.09. The van der Waals surface area contributed by atoms with Gasteiger partial charge < -0.3 is 10.4 Å². The van der Waals surface area contributed by atoms with Crippen molar-refractivity contribution < 1.29 is 23.1 Å². The average Bonchev–Trinajstić information content (AvgIpc) is 2.50. The van der Waals surface area contributed by atoms with E-state index in [1.807, 2.05) is 0 Å². The number of carboxylic acids is 1. The van der Waals surface area contributed by atoms with Gasteiger partial charge in [-0.25, -0.2) is 0 Å². The lowest BCUT2D eigenvalue weighted by Gasteiger charge is -2.25. The van der Waals surface area contributed by atoms with Gasteiger partial charge in [0.15, 0.2) is 0 Å². The molecule has 0 unspecified atom stereocenters. The minimum atomic E-state index is -3.77. The fraction of sp³-hybridized carbons (Fsp3) is 0.778. The first kappa shape index (κ1) is 14.9. The summed E-state index contributed by atoms with van der Waals surface area (Å²) >= 11 is 0. The van der Waals surface area contributed by atoms with E-state index in [1.54, 1.807) is 0 Å². The van der Waals surface area contributed by atoms with E-state index in [0.717, 1.165) is 8.61 Å². The van der Waals surface area contributed by atoms with E-state index in [-0.39, 0.29) is 32.0 Å². The molecule has 104 valence electrons. The summed E-state index contributed by atoms with van der Waals surface area (Å²) in [6, 6.07) is 0. The van der Waals surface area contributed by atoms with Crippen molar-refractivity contribution in [1.82, 2.24) is 13.9 Å². The SMILES string of the molecule is CN(CCC(=O)O)S(=O)(=O)N1CCCNC(=O)C1. The number of nitrogens with zero attached hydrogens (tertiary/aromatic N) is 2. The van der Waals surface area contributed by atoms with Gasteiger partial charge in [-0.3, -0.25) is 9.59 Å². The average molecular weight is 279 g/mol. The van der Waals surface area contributed by atoms with Crippen molar-refractivity contribution in [3.05, 3.63) is 0 Å². The number of nitrogens with one attached hydrogen (secondary N) is 1. The topological polar surface area (TPSA) is 107 Å². The molecule has 0 radical (unpaired) electrons. The highest BCUT2D eigenvalue weighted by atomic mass is 32.2. The van der Waals surface area contributed by atoms with Crippen LogP contribution in [-0.2, 0) is 19.8 Å². The fourth-order valence-electron chi connectivity index (χ4n) is 1.54. The fourth-order valence-corrected chi connectivity index (χ4v) is 2.90. The second-order valence-electron chi connectivity index (χ2n) is 4.01. The van der Waals surface area contributed by atoms with Gasteiger partial charge >= 0.3 is 5.97 Å². The third-order valence-electron chi connectivity index (χ3n) is 2.59. The van der Waals surface area contributed by atoms with Crippen molar-refractivity contribution in [3.63, 3.8) is 0 Å². The molecule has 1 aliphatic heterocycles. The van der Waals surface area contributed by atoms with E-state index in [9.17, 15) is 18.0 Å². The standard InChI is InChI=1S/C9H17N3O5S/c1-11(6-3-9(14)15)18(16,17)12-5-2-4-10-8(13)7-12/h2-7H2,1H3,(H,10,13)(H,14,15). The van der Waals surface area contributed by atoms with Crippen molar-refractivity contribution in [1.29, 1.82) is 0 Å². The molecule has 0 bridgehead atoms. The summed E-state index contributed by atoms with van der Waals surface area (Å²) in [7, 11) is -2.46. The summed E-state index contributed by atoms with van der Waals surface area (Å²) in [5.74, 6) is -1.41. The molecule has 0 aliphatic carbocycles. The van der Waals surface area contributed by atoms with Gasteiger partial charge in [-0.05, 0) is 6.42 Å². The first-order valence-corrected chi connectivity index (χ1v) is 6.93. The molecule has 1 aliphatic rings. The highest BCUT2D eigenvalue weighted by molar-refractivity contribution is 7.86. The van der Waals surface area contributed by atoms with Gasteiger partial charge in [0.05, 0.1) is 13.0 Å². The van der Waals surface area contributed by atoms with Gasteiger partial charge in [0.1, 0.15) is 0 Å². The molecule has 0 aromatic rings. The Morgan fingerprint density at radius 1 is 1.56 bits per heavy atom. The normalized spacial score (nSPS) is 18.4. The van der Waals surface area contributed by atoms with E-state index in [1.165, 1.54) is 7.05 Å². The molecule has 0 aromatic carbocycles. The quantitative estimate of drug-likeness (QED) is 0.634. The Balaban J connectivity index is 2.71. The van der Waals surface area contributed by atoms with Crippen LogP contribution >= 0.6 is 0 Å². The Morgan fingerprint density at radius 3 is 2.83 bits per heavy atom. The molecular weight excluding hydrogens is 262 g/mol. The number of amides is 1. The molecule has 8 nitrogen and oxygen atoms in total. The highest BCUT2D eigenvalue weighted by Gasteiger charge is 2.29. The van der Waals surface area contributed by atoms with Crippen LogP contribution in [0.1, 0.15) is 12.8 Å². The minimum Gasteiger partial charge on any atom is -0.481 e. The Hall–Kier alpha value is -1.19. The van der Waals surface area contributed by atoms with Crippen LogP contribution in [-0.4, -0.2) is 67.2 Å². The van der Waals surface area contributed by atoms with Crippen LogP contribution in [0, 0.1) is 0 Å².